The summed E-state index contributed by atoms with van der Waals surface area (Å²) in [6, 6.07) is 0. The van der Waals surface area contributed by atoms with E-state index in [1.807, 2.05) is 13.8 Å². The molecule has 0 spiro atoms. The maximum atomic E-state index is 10.8. The van der Waals surface area contributed by atoms with Crippen LogP contribution in [0.2, 0.25) is 0 Å². The molecule has 4 nitrogen and oxygen atoms in total. The van der Waals surface area contributed by atoms with Crippen LogP contribution in [0.25, 0.3) is 0 Å². The Bertz CT molecular complexity index is 138. The van der Waals surface area contributed by atoms with Gasteiger partial charge in [0, 0.05) is 0 Å². The van der Waals surface area contributed by atoms with Gasteiger partial charge in [0.1, 0.15) is 0 Å². The van der Waals surface area contributed by atoms with Crippen LogP contribution in [-0.2, 0) is 13.6 Å². The van der Waals surface area contributed by atoms with Crippen molar-refractivity contribution in [1.29, 1.82) is 0 Å². The molecule has 0 bridgehead atoms. The second kappa shape index (κ2) is 8.47. The van der Waals surface area contributed by atoms with Crippen molar-refractivity contribution in [3.05, 3.63) is 0 Å². The minimum absolute atomic E-state index is 0. The molecular weight excluding hydrogens is 191 g/mol. The fraction of sp³-hybridized carbons (Fsp3) is 1.00. The van der Waals surface area contributed by atoms with Crippen LogP contribution in [0.3, 0.4) is 0 Å². The summed E-state index contributed by atoms with van der Waals surface area (Å²) in [7, 11) is -3.73. The number of hydrogen-bond donors (Lipinski definition) is 1. The predicted molar refractivity (Wildman–Crippen MR) is 50.3 cm³/mol. The molecule has 0 saturated carbocycles. The molecule has 0 atom stereocenters. The van der Waals surface area contributed by atoms with E-state index >= 15 is 0 Å². The molecule has 0 aliphatic heterocycles. The number of phosphoric ester groups is 1. The van der Waals surface area contributed by atoms with Crippen molar-refractivity contribution < 1.29 is 21.4 Å². The Morgan fingerprint density at radius 2 is 1.58 bits per heavy atom. The summed E-state index contributed by atoms with van der Waals surface area (Å²) in [5.41, 5.74) is 0. The van der Waals surface area contributed by atoms with E-state index in [2.05, 4.69) is 9.05 Å². The zero-order valence-electron chi connectivity index (χ0n) is 9.65. The van der Waals surface area contributed by atoms with Gasteiger partial charge in [0.05, 0.1) is 13.2 Å². The van der Waals surface area contributed by atoms with Gasteiger partial charge in [-0.1, -0.05) is 13.8 Å². The maximum Gasteiger partial charge on any atom is 2.00 e. The quantitative estimate of drug-likeness (QED) is 0.534. The van der Waals surface area contributed by atoms with Gasteiger partial charge in [-0.15, -0.1) is 0 Å². The van der Waals surface area contributed by atoms with Gasteiger partial charge >= 0.3 is 30.9 Å². The molecule has 0 rings (SSSR count). The van der Waals surface area contributed by atoms with Crippen LogP contribution in [0.5, 0.6) is 0 Å². The summed E-state index contributed by atoms with van der Waals surface area (Å²) in [5, 5.41) is 0. The molecule has 1 N–H and O–H groups in total. The molecule has 0 aromatic rings. The Balaban J connectivity index is -0.000000167. The van der Waals surface area contributed by atoms with Crippen LogP contribution in [0.4, 0.5) is 0 Å². The van der Waals surface area contributed by atoms with Gasteiger partial charge in [0.15, 0.2) is 0 Å². The van der Waals surface area contributed by atoms with E-state index in [-0.39, 0.29) is 39.1 Å². The van der Waals surface area contributed by atoms with E-state index in [9.17, 15) is 4.57 Å². The van der Waals surface area contributed by atoms with E-state index in [1.54, 1.807) is 0 Å². The van der Waals surface area contributed by atoms with Crippen LogP contribution < -0.4 is 0 Å². The topological polar surface area (TPSA) is 55.8 Å². The summed E-state index contributed by atoms with van der Waals surface area (Å²) in [6.07, 6.45) is 1.42. The zero-order valence-corrected chi connectivity index (χ0v) is 9.96. The van der Waals surface area contributed by atoms with Gasteiger partial charge in [-0.2, -0.15) is 0 Å². The smallest absolute Gasteiger partial charge is 1.00 e. The van der Waals surface area contributed by atoms with Crippen LogP contribution in [-0.4, -0.2) is 41.2 Å². The third kappa shape index (κ3) is 8.97. The normalized spacial score (nSPS) is 10.9. The first-order chi connectivity index (χ1) is 5.12. The molecule has 0 amide bonds. The molecule has 0 fully saturated rings. The van der Waals surface area contributed by atoms with E-state index in [0.717, 1.165) is 0 Å². The second-order valence-corrected chi connectivity index (χ2v) is 3.59. The van der Waals surface area contributed by atoms with Crippen LogP contribution in [0.15, 0.2) is 0 Å². The van der Waals surface area contributed by atoms with Gasteiger partial charge in [0.2, 0.25) is 0 Å². The third-order valence-corrected chi connectivity index (χ3v) is 1.93. The standard InChI is InChI=1S/C6H15O4P.Mg.2H/c1-3-5-9-11(7,8)10-6-4-2;;;/h3-6H2,1-2H3,(H,7,8);;;/q;+2;2*-1. The van der Waals surface area contributed by atoms with Crippen LogP contribution in [0, 0.1) is 0 Å². The molecule has 12 heavy (non-hydrogen) atoms. The Kier molecular flexibility index (Phi) is 10.8. The van der Waals surface area contributed by atoms with E-state index in [4.69, 9.17) is 4.89 Å². The summed E-state index contributed by atoms with van der Waals surface area (Å²) in [5.74, 6) is 0. The van der Waals surface area contributed by atoms with Crippen molar-refractivity contribution in [2.45, 2.75) is 26.7 Å². The predicted octanol–water partition coefficient (Wildman–Crippen LogP) is 1.78. The minimum atomic E-state index is -3.73. The molecule has 72 valence electrons. The number of hydrogen-bond acceptors (Lipinski definition) is 3. The summed E-state index contributed by atoms with van der Waals surface area (Å²) >= 11 is 0. The van der Waals surface area contributed by atoms with Gasteiger partial charge in [-0.3, -0.25) is 9.05 Å². The SMILES string of the molecule is CCCOP(=O)(O)OCCC.[H-].[H-].[Mg+2]. The van der Waals surface area contributed by atoms with Crippen molar-refractivity contribution in [2.75, 3.05) is 13.2 Å². The third-order valence-electron chi connectivity index (χ3n) is 0.917. The Morgan fingerprint density at radius 3 is 1.83 bits per heavy atom. The molecule has 0 heterocycles. The molecule has 0 aliphatic rings. The van der Waals surface area contributed by atoms with Crippen molar-refractivity contribution in [1.82, 2.24) is 0 Å². The number of phosphoric acid groups is 1. The van der Waals surface area contributed by atoms with Gasteiger partial charge in [-0.05, 0) is 12.8 Å². The Hall–Kier alpha value is 0.876. The summed E-state index contributed by atoms with van der Waals surface area (Å²) < 4.78 is 20.0. The largest absolute Gasteiger partial charge is 2.00 e. The maximum absolute atomic E-state index is 10.8. The average molecular weight is 208 g/mol. The molecule has 0 aliphatic carbocycles. The molecule has 0 saturated heterocycles. The molecular formula is C6H17MgO4P. The van der Waals surface area contributed by atoms with Gasteiger partial charge in [-0.25, -0.2) is 4.57 Å². The molecule has 0 radical (unpaired) electrons. The Morgan fingerprint density at radius 1 is 1.25 bits per heavy atom. The Labute approximate surface area is 92.4 Å². The zero-order chi connectivity index (χ0) is 8.74. The monoisotopic (exact) mass is 208 g/mol. The van der Waals surface area contributed by atoms with Crippen molar-refractivity contribution in [3.63, 3.8) is 0 Å². The average Bonchev–Trinajstić information content (AvgIpc) is 1.97. The molecule has 0 aromatic heterocycles. The van der Waals surface area contributed by atoms with E-state index < -0.39 is 7.82 Å². The molecule has 6 heteroatoms. The summed E-state index contributed by atoms with van der Waals surface area (Å²) in [4.78, 5) is 8.89. The van der Waals surface area contributed by atoms with Gasteiger partial charge in [0.25, 0.3) is 0 Å². The van der Waals surface area contributed by atoms with E-state index in [0.29, 0.717) is 12.8 Å². The van der Waals surface area contributed by atoms with Crippen LogP contribution >= 0.6 is 7.82 Å². The van der Waals surface area contributed by atoms with Gasteiger partial charge < -0.3 is 7.75 Å². The molecule has 0 aromatic carbocycles. The van der Waals surface area contributed by atoms with Crippen LogP contribution in [0.1, 0.15) is 29.5 Å². The van der Waals surface area contributed by atoms with Crippen molar-refractivity contribution >= 4 is 30.9 Å². The molecule has 0 unspecified atom stereocenters. The minimum Gasteiger partial charge on any atom is -1.00 e. The first-order valence-electron chi connectivity index (χ1n) is 3.74. The first-order valence-corrected chi connectivity index (χ1v) is 5.23. The second-order valence-electron chi connectivity index (χ2n) is 2.14. The fourth-order valence-corrected chi connectivity index (χ4v) is 1.35. The number of rotatable bonds is 6. The van der Waals surface area contributed by atoms with Crippen molar-refractivity contribution in [2.24, 2.45) is 0 Å². The summed E-state index contributed by atoms with van der Waals surface area (Å²) in [6.45, 7) is 4.24. The van der Waals surface area contributed by atoms with Crippen molar-refractivity contribution in [3.8, 4) is 0 Å². The van der Waals surface area contributed by atoms with E-state index in [1.165, 1.54) is 0 Å². The fourth-order valence-electron chi connectivity index (χ4n) is 0.451. The first kappa shape index (κ1) is 15.4.